The fourth-order valence-electron chi connectivity index (χ4n) is 3.37. The summed E-state index contributed by atoms with van der Waals surface area (Å²) in [5.74, 6) is 0.336. The van der Waals surface area contributed by atoms with E-state index in [9.17, 15) is 9.18 Å². The van der Waals surface area contributed by atoms with Crippen LogP contribution in [0, 0.1) is 5.82 Å². The largest absolute Gasteiger partial charge is 0.495 e. The van der Waals surface area contributed by atoms with Gasteiger partial charge in [-0.05, 0) is 64.0 Å². The maximum atomic E-state index is 13.3. The van der Waals surface area contributed by atoms with Crippen LogP contribution in [0.4, 0.5) is 4.39 Å². The molecule has 0 saturated heterocycles. The number of fused-ring (bicyclic) bond motifs is 1. The van der Waals surface area contributed by atoms with E-state index in [-0.39, 0.29) is 17.8 Å². The number of methoxy groups -OCH3 is 1. The van der Waals surface area contributed by atoms with Crippen molar-refractivity contribution in [3.63, 3.8) is 0 Å². The average Bonchev–Trinajstić information content (AvgIpc) is 3.19. The van der Waals surface area contributed by atoms with Gasteiger partial charge in [-0.3, -0.25) is 4.79 Å². The van der Waals surface area contributed by atoms with E-state index in [0.717, 1.165) is 43.5 Å². The Bertz CT molecular complexity index is 771. The Hall–Kier alpha value is -1.92. The lowest BCUT2D eigenvalue weighted by Gasteiger charge is -2.21. The average molecular weight is 376 g/mol. The molecule has 1 unspecified atom stereocenters. The van der Waals surface area contributed by atoms with E-state index in [1.807, 2.05) is 14.1 Å². The molecule has 1 amide bonds. The first-order chi connectivity index (χ1) is 12.5. The molecule has 1 aliphatic rings. The highest BCUT2D eigenvalue weighted by Gasteiger charge is 2.27. The van der Waals surface area contributed by atoms with Crippen molar-refractivity contribution in [1.82, 2.24) is 10.2 Å². The second kappa shape index (κ2) is 8.18. The third kappa shape index (κ3) is 4.07. The number of aryl methyl sites for hydroxylation is 1. The molecule has 0 aliphatic heterocycles. The van der Waals surface area contributed by atoms with Gasteiger partial charge in [0.25, 0.3) is 5.91 Å². The van der Waals surface area contributed by atoms with Gasteiger partial charge >= 0.3 is 0 Å². The normalized spacial score (nSPS) is 14.3. The predicted octanol–water partition coefficient (Wildman–Crippen LogP) is 3.81. The summed E-state index contributed by atoms with van der Waals surface area (Å²) < 4.78 is 18.8. The van der Waals surface area contributed by atoms with Crippen molar-refractivity contribution in [1.29, 1.82) is 0 Å². The maximum Gasteiger partial charge on any atom is 0.265 e. The molecule has 3 rings (SSSR count). The van der Waals surface area contributed by atoms with Crippen LogP contribution in [0.15, 0.2) is 24.3 Å². The number of hydrogen-bond donors (Lipinski definition) is 1. The first kappa shape index (κ1) is 18.9. The molecule has 26 heavy (non-hydrogen) atoms. The summed E-state index contributed by atoms with van der Waals surface area (Å²) in [6, 6.07) is 6.17. The fourth-order valence-corrected chi connectivity index (χ4v) is 4.63. The van der Waals surface area contributed by atoms with Crippen molar-refractivity contribution < 1.29 is 13.9 Å². The first-order valence-electron chi connectivity index (χ1n) is 8.89. The van der Waals surface area contributed by atoms with E-state index in [0.29, 0.717) is 4.88 Å². The van der Waals surface area contributed by atoms with Gasteiger partial charge in [-0.1, -0.05) is 12.1 Å². The highest BCUT2D eigenvalue weighted by Crippen LogP contribution is 2.41. The van der Waals surface area contributed by atoms with Crippen LogP contribution in [-0.4, -0.2) is 38.6 Å². The monoisotopic (exact) mass is 376 g/mol. The third-order valence-electron chi connectivity index (χ3n) is 4.73. The fraction of sp³-hybridized carbons (Fsp3) is 0.450. The number of amides is 1. The molecule has 4 nitrogen and oxygen atoms in total. The summed E-state index contributed by atoms with van der Waals surface area (Å²) in [4.78, 5) is 16.9. The van der Waals surface area contributed by atoms with Crippen LogP contribution in [-0.2, 0) is 12.8 Å². The lowest BCUT2D eigenvalue weighted by Crippen LogP contribution is -2.30. The van der Waals surface area contributed by atoms with Gasteiger partial charge in [-0.25, -0.2) is 4.39 Å². The predicted molar refractivity (Wildman–Crippen MR) is 103 cm³/mol. The molecule has 0 fully saturated rings. The summed E-state index contributed by atoms with van der Waals surface area (Å²) in [6.45, 7) is 0.820. The molecule has 0 bridgehead atoms. The number of carbonyl (C=O) groups excluding carboxylic acids is 1. The van der Waals surface area contributed by atoms with Gasteiger partial charge < -0.3 is 15.0 Å². The molecular weight excluding hydrogens is 351 g/mol. The zero-order chi connectivity index (χ0) is 18.7. The standard InChI is InChI=1S/C20H25FN2O2S/c1-23(2)12-11-16(13-7-9-14(21)10-8-13)22-20(24)19-18(25-3)15-5-4-6-17(15)26-19/h7-10,16H,4-6,11-12H2,1-3H3,(H,22,24). The molecule has 0 spiro atoms. The maximum absolute atomic E-state index is 13.3. The highest BCUT2D eigenvalue weighted by molar-refractivity contribution is 7.14. The van der Waals surface area contributed by atoms with Crippen LogP contribution in [0.1, 0.15) is 44.6 Å². The van der Waals surface area contributed by atoms with Crippen molar-refractivity contribution >= 4 is 17.2 Å². The molecular formula is C20H25FN2O2S. The SMILES string of the molecule is COc1c(C(=O)NC(CCN(C)C)c2ccc(F)cc2)sc2c1CCC2. The Balaban J connectivity index is 1.82. The number of halogens is 1. The number of benzene rings is 1. The number of rotatable bonds is 7. The quantitative estimate of drug-likeness (QED) is 0.799. The van der Waals surface area contributed by atoms with Gasteiger partial charge in [0.2, 0.25) is 0 Å². The summed E-state index contributed by atoms with van der Waals surface area (Å²) >= 11 is 1.54. The first-order valence-corrected chi connectivity index (χ1v) is 9.70. The lowest BCUT2D eigenvalue weighted by atomic mass is 10.0. The number of hydrogen-bond acceptors (Lipinski definition) is 4. The molecule has 0 saturated carbocycles. The van der Waals surface area contributed by atoms with Crippen molar-refractivity contribution in [3.05, 3.63) is 51.0 Å². The number of nitrogens with zero attached hydrogens (tertiary/aromatic N) is 1. The van der Waals surface area contributed by atoms with Gasteiger partial charge in [0.05, 0.1) is 13.2 Å². The molecule has 140 valence electrons. The zero-order valence-corrected chi connectivity index (χ0v) is 16.3. The molecule has 6 heteroatoms. The van der Waals surface area contributed by atoms with E-state index in [4.69, 9.17) is 4.74 Å². The van der Waals surface area contributed by atoms with E-state index in [1.165, 1.54) is 33.9 Å². The minimum atomic E-state index is -0.275. The van der Waals surface area contributed by atoms with Crippen molar-refractivity contribution in [2.75, 3.05) is 27.7 Å². The summed E-state index contributed by atoms with van der Waals surface area (Å²) in [7, 11) is 5.62. The van der Waals surface area contributed by atoms with Crippen LogP contribution in [0.2, 0.25) is 0 Å². The van der Waals surface area contributed by atoms with E-state index in [1.54, 1.807) is 19.2 Å². The van der Waals surface area contributed by atoms with E-state index in [2.05, 4.69) is 10.2 Å². The Labute approximate surface area is 158 Å². The lowest BCUT2D eigenvalue weighted by molar-refractivity contribution is 0.0934. The second-order valence-electron chi connectivity index (χ2n) is 6.89. The molecule has 1 atom stereocenters. The van der Waals surface area contributed by atoms with Crippen LogP contribution in [0.3, 0.4) is 0 Å². The van der Waals surface area contributed by atoms with E-state index >= 15 is 0 Å². The number of ether oxygens (including phenoxy) is 1. The topological polar surface area (TPSA) is 41.6 Å². The van der Waals surface area contributed by atoms with Crippen LogP contribution in [0.5, 0.6) is 5.75 Å². The van der Waals surface area contributed by atoms with Gasteiger partial charge in [0.15, 0.2) is 0 Å². The molecule has 1 aromatic heterocycles. The highest BCUT2D eigenvalue weighted by atomic mass is 32.1. The summed E-state index contributed by atoms with van der Waals surface area (Å²) in [5.41, 5.74) is 2.10. The van der Waals surface area contributed by atoms with Gasteiger partial charge in [-0.15, -0.1) is 11.3 Å². The van der Waals surface area contributed by atoms with Crippen LogP contribution < -0.4 is 10.1 Å². The van der Waals surface area contributed by atoms with Gasteiger partial charge in [0.1, 0.15) is 16.4 Å². The van der Waals surface area contributed by atoms with Crippen LogP contribution >= 0.6 is 11.3 Å². The Morgan fingerprint density at radius 3 is 2.69 bits per heavy atom. The minimum absolute atomic E-state index is 0.116. The summed E-state index contributed by atoms with van der Waals surface area (Å²) in [5, 5.41) is 3.13. The zero-order valence-electron chi connectivity index (χ0n) is 15.5. The van der Waals surface area contributed by atoms with Crippen molar-refractivity contribution in [3.8, 4) is 5.75 Å². The smallest absolute Gasteiger partial charge is 0.265 e. The van der Waals surface area contributed by atoms with Crippen LogP contribution in [0.25, 0.3) is 0 Å². The number of carbonyl (C=O) groups is 1. The van der Waals surface area contributed by atoms with Gasteiger partial charge in [0, 0.05) is 10.4 Å². The molecule has 1 N–H and O–H groups in total. The van der Waals surface area contributed by atoms with Crippen molar-refractivity contribution in [2.24, 2.45) is 0 Å². The molecule has 1 aliphatic carbocycles. The van der Waals surface area contributed by atoms with Gasteiger partial charge in [-0.2, -0.15) is 0 Å². The van der Waals surface area contributed by atoms with E-state index < -0.39 is 0 Å². The third-order valence-corrected chi connectivity index (χ3v) is 6.00. The second-order valence-corrected chi connectivity index (χ2v) is 7.99. The Kier molecular flexibility index (Phi) is 5.94. The molecule has 0 radical (unpaired) electrons. The molecule has 1 aromatic carbocycles. The Morgan fingerprint density at radius 1 is 1.31 bits per heavy atom. The minimum Gasteiger partial charge on any atom is -0.495 e. The van der Waals surface area contributed by atoms with Crippen molar-refractivity contribution in [2.45, 2.75) is 31.7 Å². The molecule has 2 aromatic rings. The summed E-state index contributed by atoms with van der Waals surface area (Å²) in [6.07, 6.45) is 3.87. The Morgan fingerprint density at radius 2 is 2.04 bits per heavy atom. The number of thiophene rings is 1. The number of nitrogens with one attached hydrogen (secondary N) is 1. The molecule has 1 heterocycles.